The van der Waals surface area contributed by atoms with E-state index in [2.05, 4.69) is 19.8 Å². The van der Waals surface area contributed by atoms with Crippen molar-refractivity contribution in [3.63, 3.8) is 0 Å². The summed E-state index contributed by atoms with van der Waals surface area (Å²) in [6.07, 6.45) is 9.18. The van der Waals surface area contributed by atoms with E-state index in [1.54, 1.807) is 6.92 Å². The first-order valence-electron chi connectivity index (χ1n) is 12.4. The van der Waals surface area contributed by atoms with E-state index in [9.17, 15) is 14.4 Å². The minimum Gasteiger partial charge on any atom is -0.466 e. The highest BCUT2D eigenvalue weighted by Crippen LogP contribution is 2.31. The molecule has 1 fully saturated rings. The Hall–Kier alpha value is -1.54. The van der Waals surface area contributed by atoms with Gasteiger partial charge in [0.15, 0.2) is 0 Å². The monoisotopic (exact) mass is 502 g/mol. The van der Waals surface area contributed by atoms with Crippen LogP contribution in [0.5, 0.6) is 0 Å². The van der Waals surface area contributed by atoms with Gasteiger partial charge >= 0.3 is 17.9 Å². The molecule has 0 spiro atoms. The van der Waals surface area contributed by atoms with Gasteiger partial charge in [0.25, 0.3) is 0 Å². The lowest BCUT2D eigenvalue weighted by molar-refractivity contribution is -0.173. The molecule has 0 aromatic heterocycles. The van der Waals surface area contributed by atoms with Crippen molar-refractivity contribution in [1.82, 2.24) is 0 Å². The number of unbranched alkanes of at least 4 members (excludes halogenated alkanes) is 3. The van der Waals surface area contributed by atoms with Crippen LogP contribution in [0.1, 0.15) is 79.1 Å². The van der Waals surface area contributed by atoms with Crippen molar-refractivity contribution in [2.75, 3.05) is 45.0 Å². The van der Waals surface area contributed by atoms with Gasteiger partial charge in [-0.25, -0.2) is 4.79 Å². The maximum absolute atomic E-state index is 11.4. The zero-order valence-electron chi connectivity index (χ0n) is 21.9. The highest BCUT2D eigenvalue weighted by molar-refractivity contribution is 7.98. The summed E-state index contributed by atoms with van der Waals surface area (Å²) in [7, 11) is 0. The molecule has 0 amide bonds. The Labute approximate surface area is 210 Å². The first-order chi connectivity index (χ1) is 16.2. The van der Waals surface area contributed by atoms with Crippen molar-refractivity contribution < 1.29 is 33.3 Å². The van der Waals surface area contributed by atoms with E-state index in [4.69, 9.17) is 18.9 Å². The maximum Gasteiger partial charge on any atom is 0.333 e. The summed E-state index contributed by atoms with van der Waals surface area (Å²) in [6.45, 7) is 13.8. The second-order valence-corrected chi connectivity index (χ2v) is 9.90. The molecule has 1 atom stereocenters. The topological polar surface area (TPSA) is 88.1 Å². The average molecular weight is 503 g/mol. The number of ether oxygens (including phenoxy) is 4. The van der Waals surface area contributed by atoms with E-state index < -0.39 is 5.97 Å². The van der Waals surface area contributed by atoms with Crippen LogP contribution in [0.2, 0.25) is 0 Å². The van der Waals surface area contributed by atoms with Crippen molar-refractivity contribution >= 4 is 29.7 Å². The molecule has 1 heterocycles. The number of rotatable bonds is 17. The predicted molar refractivity (Wildman–Crippen MR) is 137 cm³/mol. The quantitative estimate of drug-likeness (QED) is 0.114. The summed E-state index contributed by atoms with van der Waals surface area (Å²) >= 11 is 1.86. The Kier molecular flexibility index (Phi) is 18.8. The first kappa shape index (κ1) is 32.5. The smallest absolute Gasteiger partial charge is 0.333 e. The van der Waals surface area contributed by atoms with Gasteiger partial charge in [0, 0.05) is 12.0 Å². The van der Waals surface area contributed by atoms with Crippen molar-refractivity contribution in [1.29, 1.82) is 0 Å². The molecule has 198 valence electrons. The number of hydrogen-bond acceptors (Lipinski definition) is 8. The van der Waals surface area contributed by atoms with Gasteiger partial charge in [0.2, 0.25) is 0 Å². The second-order valence-electron chi connectivity index (χ2n) is 8.91. The Morgan fingerprint density at radius 1 is 1.00 bits per heavy atom. The Morgan fingerprint density at radius 2 is 1.65 bits per heavy atom. The molecule has 8 heteroatoms. The maximum atomic E-state index is 11.4. The van der Waals surface area contributed by atoms with E-state index in [0.29, 0.717) is 25.2 Å². The predicted octanol–water partition coefficient (Wildman–Crippen LogP) is 5.35. The minimum atomic E-state index is -0.413. The van der Waals surface area contributed by atoms with Gasteiger partial charge < -0.3 is 18.9 Å². The number of hydrogen-bond donors (Lipinski definition) is 0. The van der Waals surface area contributed by atoms with Gasteiger partial charge in [-0.05, 0) is 51.0 Å². The normalized spacial score (nSPS) is 14.6. The van der Waals surface area contributed by atoms with Crippen LogP contribution < -0.4 is 0 Å². The van der Waals surface area contributed by atoms with Crippen molar-refractivity contribution in [2.45, 2.75) is 79.1 Å². The van der Waals surface area contributed by atoms with Gasteiger partial charge in [-0.1, -0.05) is 40.2 Å². The number of thioether (sulfide) groups is 1. The molecule has 0 aromatic rings. The van der Waals surface area contributed by atoms with Crippen LogP contribution in [0.25, 0.3) is 0 Å². The van der Waals surface area contributed by atoms with E-state index in [1.165, 1.54) is 18.6 Å². The lowest BCUT2D eigenvalue weighted by Gasteiger charge is -2.40. The van der Waals surface area contributed by atoms with Crippen molar-refractivity contribution in [2.24, 2.45) is 11.3 Å². The molecule has 1 aliphatic heterocycles. The van der Waals surface area contributed by atoms with Crippen LogP contribution in [-0.4, -0.2) is 63.0 Å². The Morgan fingerprint density at radius 3 is 2.18 bits per heavy atom. The Bertz CT molecular complexity index is 596. The van der Waals surface area contributed by atoms with Crippen LogP contribution in [0.3, 0.4) is 0 Å². The van der Waals surface area contributed by atoms with Gasteiger partial charge in [0.1, 0.15) is 6.61 Å². The highest BCUT2D eigenvalue weighted by Gasteiger charge is 2.38. The average Bonchev–Trinajstić information content (AvgIpc) is 2.80. The molecular weight excluding hydrogens is 456 g/mol. The second kappa shape index (κ2) is 19.7. The van der Waals surface area contributed by atoms with Crippen LogP contribution in [0.15, 0.2) is 12.2 Å². The summed E-state index contributed by atoms with van der Waals surface area (Å²) in [5, 5.41) is 0. The third-order valence-corrected chi connectivity index (χ3v) is 6.41. The fourth-order valence-corrected chi connectivity index (χ4v) is 3.27. The molecule has 0 aliphatic carbocycles. The van der Waals surface area contributed by atoms with Crippen molar-refractivity contribution in [3.05, 3.63) is 12.2 Å². The summed E-state index contributed by atoms with van der Waals surface area (Å²) in [5.74, 6) is 0.504. The van der Waals surface area contributed by atoms with Gasteiger partial charge in [-0.2, -0.15) is 11.8 Å². The van der Waals surface area contributed by atoms with Crippen LogP contribution in [0.4, 0.5) is 0 Å². The molecule has 0 aromatic carbocycles. The number of carbonyl (C=O) groups excluding carboxylic acids is 3. The summed E-state index contributed by atoms with van der Waals surface area (Å²) in [4.78, 5) is 33.9. The number of esters is 3. The zero-order valence-corrected chi connectivity index (χ0v) is 22.8. The van der Waals surface area contributed by atoms with E-state index in [1.807, 2.05) is 25.6 Å². The van der Waals surface area contributed by atoms with Crippen LogP contribution in [0, 0.1) is 11.3 Å². The fourth-order valence-electron chi connectivity index (χ4n) is 2.78. The molecular formula is C26H46O7S. The third kappa shape index (κ3) is 15.4. The highest BCUT2D eigenvalue weighted by atomic mass is 32.2. The third-order valence-electron chi connectivity index (χ3n) is 5.71. The molecule has 1 saturated heterocycles. The van der Waals surface area contributed by atoms with E-state index in [-0.39, 0.29) is 36.3 Å². The zero-order chi connectivity index (χ0) is 25.8. The lowest BCUT2D eigenvalue weighted by Crippen LogP contribution is -2.46. The molecule has 1 rings (SSSR count). The van der Waals surface area contributed by atoms with Gasteiger partial charge in [0.05, 0.1) is 37.8 Å². The van der Waals surface area contributed by atoms with Crippen LogP contribution in [-0.2, 0) is 33.3 Å². The first-order valence-corrected chi connectivity index (χ1v) is 13.8. The number of carbonyl (C=O) groups is 3. The molecule has 7 nitrogen and oxygen atoms in total. The van der Waals surface area contributed by atoms with Gasteiger partial charge in [-0.3, -0.25) is 9.59 Å². The molecule has 0 N–H and O–H groups in total. The molecule has 1 aliphatic rings. The van der Waals surface area contributed by atoms with E-state index in [0.717, 1.165) is 38.9 Å². The summed E-state index contributed by atoms with van der Waals surface area (Å²) in [5.41, 5.74) is 0.484. The molecule has 34 heavy (non-hydrogen) atoms. The molecule has 0 radical (unpaired) electrons. The fraction of sp³-hybridized carbons (Fsp3) is 0.808. The van der Waals surface area contributed by atoms with Gasteiger partial charge in [-0.15, -0.1) is 0 Å². The SMILES string of the molecule is C=C(C)C(=O)OCCCC(=O)OCCCCCCSC.CCC(C)C(=O)OCC1(CC)COC1. The molecule has 1 unspecified atom stereocenters. The Balaban J connectivity index is 0.000000679. The van der Waals surface area contributed by atoms with E-state index >= 15 is 0 Å². The summed E-state index contributed by atoms with van der Waals surface area (Å²) < 4.78 is 20.4. The minimum absolute atomic E-state index is 0.0184. The lowest BCUT2D eigenvalue weighted by atomic mass is 9.84. The largest absolute Gasteiger partial charge is 0.466 e. The van der Waals surface area contributed by atoms with Crippen molar-refractivity contribution in [3.8, 4) is 0 Å². The molecule has 0 saturated carbocycles. The molecule has 0 bridgehead atoms. The standard InChI is InChI=1S/C15H26O4S.C11H20O3/c1-13(2)15(17)19-11-8-9-14(16)18-10-6-4-5-7-12-20-3;1-4-9(3)10(12)14-8-11(5-2)6-13-7-11/h1,4-12H2,2-3H3;9H,4-8H2,1-3H3. The van der Waals surface area contributed by atoms with Crippen LogP contribution >= 0.6 is 11.8 Å². The summed E-state index contributed by atoms with van der Waals surface area (Å²) in [6, 6.07) is 0.